The maximum Gasteiger partial charge on any atom is 0.0619 e. The zero-order valence-corrected chi connectivity index (χ0v) is 81.7. The third-order valence-electron chi connectivity index (χ3n) is 31.5. The number of fused-ring (bicyclic) bond motifs is 14. The minimum absolute atomic E-state index is 0.0134. The lowest BCUT2D eigenvalue weighted by atomic mass is 9.80. The van der Waals surface area contributed by atoms with Gasteiger partial charge in [-0.15, -0.1) is 0 Å². The summed E-state index contributed by atoms with van der Waals surface area (Å²) in [7, 11) is 0. The molecule has 2 nitrogen and oxygen atoms in total. The number of hydrogen-bond acceptors (Lipinski definition) is 2. The molecule has 2 heteroatoms. The van der Waals surface area contributed by atoms with Crippen molar-refractivity contribution in [3.05, 3.63) is 454 Å². The molecule has 4 aliphatic rings. The van der Waals surface area contributed by atoms with Gasteiger partial charge in [-0.3, -0.25) is 0 Å². The van der Waals surface area contributed by atoms with Crippen molar-refractivity contribution in [3.63, 3.8) is 0 Å². The van der Waals surface area contributed by atoms with Crippen molar-refractivity contribution in [2.45, 2.75) is 157 Å². The molecule has 0 heterocycles. The summed E-state index contributed by atoms with van der Waals surface area (Å²) in [5.41, 5.74) is 55.4. The van der Waals surface area contributed by atoms with Crippen LogP contribution in [0.15, 0.2) is 376 Å². The van der Waals surface area contributed by atoms with Crippen LogP contribution < -0.4 is 9.80 Å². The second-order valence-electron chi connectivity index (χ2n) is 43.4. The van der Waals surface area contributed by atoms with Gasteiger partial charge in [0.1, 0.15) is 0 Å². The first-order valence-electron chi connectivity index (χ1n) is 48.8. The highest BCUT2D eigenvalue weighted by Gasteiger charge is 2.42. The topological polar surface area (TPSA) is 6.48 Å². The van der Waals surface area contributed by atoms with E-state index in [0.717, 1.165) is 77.9 Å². The molecule has 0 unspecified atom stereocenters. The minimum Gasteiger partial charge on any atom is -0.309 e. The van der Waals surface area contributed by atoms with E-state index in [4.69, 9.17) is 0 Å². The predicted octanol–water partition coefficient (Wildman–Crippen LogP) is 37.3. The maximum absolute atomic E-state index is 2.51. The van der Waals surface area contributed by atoms with E-state index < -0.39 is 0 Å². The molecule has 0 aromatic heterocycles. The van der Waals surface area contributed by atoms with Gasteiger partial charge in [0, 0.05) is 66.0 Å². The second-order valence-corrected chi connectivity index (χ2v) is 43.4. The monoisotopic (exact) mass is 1750 g/mol. The van der Waals surface area contributed by atoms with Crippen LogP contribution in [0.25, 0.3) is 155 Å². The van der Waals surface area contributed by atoms with Gasteiger partial charge in [0.25, 0.3) is 0 Å². The number of benzene rings is 19. The Kier molecular flexibility index (Phi) is 19.8. The molecule has 0 saturated heterocycles. The highest BCUT2D eigenvalue weighted by molar-refractivity contribution is 6.23. The molecule has 0 fully saturated rings. The number of aryl methyl sites for hydroxylation is 4. The van der Waals surface area contributed by atoms with Gasteiger partial charge in [-0.2, -0.15) is 0 Å². The Morgan fingerprint density at radius 1 is 0.176 bits per heavy atom. The minimum atomic E-state index is -0.182. The van der Waals surface area contributed by atoms with Crippen molar-refractivity contribution < 1.29 is 0 Å². The molecule has 0 saturated carbocycles. The van der Waals surface area contributed by atoms with Crippen LogP contribution in [-0.2, 0) is 32.5 Å². The molecule has 0 bridgehead atoms. The van der Waals surface area contributed by atoms with Crippen molar-refractivity contribution in [2.24, 2.45) is 0 Å². The van der Waals surface area contributed by atoms with E-state index in [2.05, 4.69) is 511 Å². The first-order chi connectivity index (χ1) is 65.3. The van der Waals surface area contributed by atoms with Crippen LogP contribution in [0, 0.1) is 27.7 Å². The van der Waals surface area contributed by atoms with E-state index in [-0.39, 0.29) is 32.5 Å². The Morgan fingerprint density at radius 3 is 0.618 bits per heavy atom. The van der Waals surface area contributed by atoms with Crippen LogP contribution in [0.5, 0.6) is 0 Å². The Hall–Kier alpha value is -14.7. The number of nitrogens with zero attached hydrogens (tertiary/aromatic N) is 2. The fraction of sp³-hybridized carbons (Fsp3) is 0.179. The first-order valence-corrected chi connectivity index (χ1v) is 48.8. The van der Waals surface area contributed by atoms with Crippen molar-refractivity contribution in [1.29, 1.82) is 0 Å². The molecule has 662 valence electrons. The molecule has 0 atom stereocenters. The first kappa shape index (κ1) is 85.5. The lowest BCUT2D eigenvalue weighted by molar-refractivity contribution is 0.590. The number of anilines is 6. The van der Waals surface area contributed by atoms with Crippen LogP contribution in [0.1, 0.15) is 175 Å². The van der Waals surface area contributed by atoms with Gasteiger partial charge in [0.2, 0.25) is 0 Å². The number of rotatable bonds is 14. The average Bonchev–Trinajstić information content (AvgIpc) is 1.33. The lowest BCUT2D eigenvalue weighted by Gasteiger charge is -2.33. The summed E-state index contributed by atoms with van der Waals surface area (Å²) in [6.45, 7) is 42.1. The quantitative estimate of drug-likeness (QED) is 0.0791. The van der Waals surface area contributed by atoms with E-state index in [0.29, 0.717) is 0 Å². The zero-order valence-electron chi connectivity index (χ0n) is 81.7. The summed E-state index contributed by atoms with van der Waals surface area (Å²) in [5, 5.41) is 4.60. The fourth-order valence-electron chi connectivity index (χ4n) is 24.0. The van der Waals surface area contributed by atoms with Gasteiger partial charge < -0.3 is 9.80 Å². The Morgan fingerprint density at radius 2 is 0.368 bits per heavy atom. The third kappa shape index (κ3) is 13.8. The molecular weight excluding hydrogens is 1640 g/mol. The third-order valence-corrected chi connectivity index (χ3v) is 31.5. The van der Waals surface area contributed by atoms with Crippen LogP contribution >= 0.6 is 0 Å². The smallest absolute Gasteiger partial charge is 0.0619 e. The van der Waals surface area contributed by atoms with Crippen molar-refractivity contribution in [1.82, 2.24) is 0 Å². The van der Waals surface area contributed by atoms with Crippen LogP contribution in [0.3, 0.4) is 0 Å². The second kappa shape index (κ2) is 31.5. The molecule has 0 radical (unpaired) electrons. The molecule has 4 aliphatic carbocycles. The molecule has 0 aliphatic heterocycles. The molecule has 19 aromatic carbocycles. The van der Waals surface area contributed by atoms with E-state index in [9.17, 15) is 0 Å². The normalized spacial score (nSPS) is 14.2. The molecule has 0 amide bonds. The SMILES string of the molecule is Cc1cc(-c2ccc3c(c2)C(C)(C)c2cc(-c4ccc5c(c4)C(C)(C)c4ccccc4-5)ccc2-3)cc(C)c1-c1ccc(-c2ccc(N(c3ccc(-c4ccc(-c5c(C)cc(-c6ccc7c(c6)C(C)(C)c6cc(-c8ccc9c(c8)C(C)(C)c8ccccc8-9)ccc6-7)cc5C)cc4)cc3)c3c4ccccc4c(N(c4ccc(C(C)(C)C)cc4)c4ccc(C(C)(C)C)cc4)c4ccccc34)cc2)cc1. The Labute approximate surface area is 804 Å². The van der Waals surface area contributed by atoms with Crippen LogP contribution in [0.2, 0.25) is 0 Å². The van der Waals surface area contributed by atoms with E-state index >= 15 is 0 Å². The van der Waals surface area contributed by atoms with Crippen molar-refractivity contribution in [2.75, 3.05) is 9.80 Å². The lowest BCUT2D eigenvalue weighted by Crippen LogP contribution is -2.16. The summed E-state index contributed by atoms with van der Waals surface area (Å²) in [6.07, 6.45) is 0. The molecule has 0 N–H and O–H groups in total. The molecule has 0 spiro atoms. The van der Waals surface area contributed by atoms with Gasteiger partial charge in [-0.1, -0.05) is 388 Å². The summed E-state index contributed by atoms with van der Waals surface area (Å²) in [6, 6.07) is 144. The summed E-state index contributed by atoms with van der Waals surface area (Å²) >= 11 is 0. The molecule has 19 aromatic rings. The largest absolute Gasteiger partial charge is 0.309 e. The van der Waals surface area contributed by atoms with Crippen LogP contribution in [-0.4, -0.2) is 0 Å². The summed E-state index contributed by atoms with van der Waals surface area (Å²) in [4.78, 5) is 5.02. The average molecular weight is 1750 g/mol. The van der Waals surface area contributed by atoms with E-state index in [1.165, 1.54) is 189 Å². The fourth-order valence-corrected chi connectivity index (χ4v) is 24.0. The number of hydrogen-bond donors (Lipinski definition) is 0. The highest BCUT2D eigenvalue weighted by Crippen LogP contribution is 2.59. The summed E-state index contributed by atoms with van der Waals surface area (Å²) in [5.74, 6) is 0. The summed E-state index contributed by atoms with van der Waals surface area (Å²) < 4.78 is 0. The van der Waals surface area contributed by atoms with Crippen molar-refractivity contribution >= 4 is 55.7 Å². The van der Waals surface area contributed by atoms with Gasteiger partial charge >= 0.3 is 0 Å². The maximum atomic E-state index is 2.51. The molecule has 23 rings (SSSR count). The van der Waals surface area contributed by atoms with Gasteiger partial charge in [0.15, 0.2) is 0 Å². The van der Waals surface area contributed by atoms with E-state index in [1.807, 2.05) is 0 Å². The van der Waals surface area contributed by atoms with Crippen molar-refractivity contribution in [3.8, 4) is 134 Å². The van der Waals surface area contributed by atoms with Gasteiger partial charge in [-0.05, 0) is 335 Å². The molecule has 136 heavy (non-hydrogen) atoms. The Bertz CT molecular complexity index is 7610. The zero-order chi connectivity index (χ0) is 93.7. The van der Waals surface area contributed by atoms with E-state index in [1.54, 1.807) is 0 Å². The Balaban J connectivity index is 0.552. The standard InChI is InChI=1S/C134H116N2/c1-81-71-97(95-51-69-111-109-67-49-93(77-121(109)133(15,16)123(111)79-95)91-47-65-107-105-27-23-25-33-117(105)131(11,12)119(107)75-91)72-82(2)125(81)89-39-35-85(36-40-89)87-43-57-101(58-44-87)135(127-113-29-19-21-31-115(113)128(116-32-22-20-30-114(116)127)136(103-61-53-99(54-62-103)129(5,6)7)104-63-55-100(56-64-104)130(8,9)10)102-59-45-88(46-60-102)86-37-41-90(42-38-86)126-83(3)73-98(74-84(126)4)96-52-70-112-110-68-50-94(78-122(110)134(17,18)124(112)80-96)92-48-66-108-106-28-24-26-34-118(106)132(13,14)120(108)76-92/h19-80H,1-18H3. The predicted molar refractivity (Wildman–Crippen MR) is 581 cm³/mol. The van der Waals surface area contributed by atoms with Crippen LogP contribution in [0.4, 0.5) is 34.1 Å². The highest BCUT2D eigenvalue weighted by atomic mass is 15.2. The molecular formula is C134H116N2. The van der Waals surface area contributed by atoms with Gasteiger partial charge in [0.05, 0.1) is 11.4 Å². The van der Waals surface area contributed by atoms with Gasteiger partial charge in [-0.25, -0.2) is 0 Å².